The number of ether oxygens (including phenoxy) is 1. The summed E-state index contributed by atoms with van der Waals surface area (Å²) < 4.78 is 5.28. The van der Waals surface area contributed by atoms with Crippen molar-refractivity contribution in [3.63, 3.8) is 0 Å². The normalized spacial score (nSPS) is 12.2. The van der Waals surface area contributed by atoms with Crippen LogP contribution in [0, 0.1) is 6.92 Å². The highest BCUT2D eigenvalue weighted by atomic mass is 32.2. The average molecular weight is 289 g/mol. The second-order valence-electron chi connectivity index (χ2n) is 4.42. The lowest BCUT2D eigenvalue weighted by Crippen LogP contribution is -2.21. The maximum Gasteiger partial charge on any atom is 0.237 e. The van der Waals surface area contributed by atoms with Gasteiger partial charge >= 0.3 is 0 Å². The molecule has 0 fully saturated rings. The Hall–Kier alpha value is -1.59. The van der Waals surface area contributed by atoms with Gasteiger partial charge in [0.2, 0.25) is 5.88 Å². The zero-order valence-electron chi connectivity index (χ0n) is 12.0. The SMILES string of the molecule is CNC(CSc1cccc(C)c1)c1nccnc1OC. The van der Waals surface area contributed by atoms with Gasteiger partial charge in [0.15, 0.2) is 0 Å². The monoisotopic (exact) mass is 289 g/mol. The Labute approximate surface area is 124 Å². The van der Waals surface area contributed by atoms with Gasteiger partial charge in [-0.15, -0.1) is 11.8 Å². The molecular weight excluding hydrogens is 270 g/mol. The van der Waals surface area contributed by atoms with E-state index in [0.29, 0.717) is 5.88 Å². The van der Waals surface area contributed by atoms with Crippen molar-refractivity contribution in [3.05, 3.63) is 47.9 Å². The molecule has 0 aliphatic heterocycles. The standard InChI is InChI=1S/C15H19N3OS/c1-11-5-4-6-12(9-11)20-10-13(16-2)14-15(19-3)18-8-7-17-14/h4-9,13,16H,10H2,1-3H3. The molecule has 106 valence electrons. The highest BCUT2D eigenvalue weighted by Gasteiger charge is 2.17. The largest absolute Gasteiger partial charge is 0.480 e. The van der Waals surface area contributed by atoms with Crippen LogP contribution in [0.5, 0.6) is 5.88 Å². The van der Waals surface area contributed by atoms with E-state index < -0.39 is 0 Å². The molecule has 1 atom stereocenters. The number of rotatable bonds is 6. The van der Waals surface area contributed by atoms with Gasteiger partial charge in [-0.2, -0.15) is 0 Å². The van der Waals surface area contributed by atoms with Gasteiger partial charge in [-0.1, -0.05) is 17.7 Å². The lowest BCUT2D eigenvalue weighted by Gasteiger charge is -2.17. The number of nitrogens with zero attached hydrogens (tertiary/aromatic N) is 2. The fourth-order valence-corrected chi connectivity index (χ4v) is 3.04. The fourth-order valence-electron chi connectivity index (χ4n) is 1.92. The van der Waals surface area contributed by atoms with Crippen molar-refractivity contribution in [1.82, 2.24) is 15.3 Å². The summed E-state index contributed by atoms with van der Waals surface area (Å²) in [5.41, 5.74) is 2.12. The zero-order chi connectivity index (χ0) is 14.4. The van der Waals surface area contributed by atoms with E-state index >= 15 is 0 Å². The summed E-state index contributed by atoms with van der Waals surface area (Å²) in [5.74, 6) is 1.45. The van der Waals surface area contributed by atoms with Crippen molar-refractivity contribution >= 4 is 11.8 Å². The molecule has 0 aliphatic rings. The van der Waals surface area contributed by atoms with E-state index in [-0.39, 0.29) is 6.04 Å². The van der Waals surface area contributed by atoms with Gasteiger partial charge in [-0.05, 0) is 26.1 Å². The number of aromatic nitrogens is 2. The molecule has 2 aromatic rings. The molecule has 0 spiro atoms. The molecule has 5 heteroatoms. The molecule has 0 radical (unpaired) electrons. The number of hydrogen-bond acceptors (Lipinski definition) is 5. The Balaban J connectivity index is 2.09. The molecule has 1 aromatic heterocycles. The van der Waals surface area contributed by atoms with Gasteiger partial charge in [-0.3, -0.25) is 4.98 Å². The molecule has 4 nitrogen and oxygen atoms in total. The summed E-state index contributed by atoms with van der Waals surface area (Å²) in [5, 5.41) is 3.27. The Bertz CT molecular complexity index is 562. The second kappa shape index (κ2) is 7.26. The van der Waals surface area contributed by atoms with Crippen LogP contribution in [0.25, 0.3) is 0 Å². The third-order valence-corrected chi connectivity index (χ3v) is 4.06. The van der Waals surface area contributed by atoms with Crippen LogP contribution in [0.15, 0.2) is 41.6 Å². The minimum Gasteiger partial charge on any atom is -0.480 e. The number of benzene rings is 1. The van der Waals surface area contributed by atoms with E-state index in [4.69, 9.17) is 4.74 Å². The number of aryl methyl sites for hydroxylation is 1. The molecule has 0 aliphatic carbocycles. The van der Waals surface area contributed by atoms with Crippen molar-refractivity contribution < 1.29 is 4.74 Å². The molecular formula is C15H19N3OS. The molecule has 0 saturated heterocycles. The molecule has 1 N–H and O–H groups in total. The average Bonchev–Trinajstić information content (AvgIpc) is 2.48. The summed E-state index contributed by atoms with van der Waals surface area (Å²) in [6, 6.07) is 8.59. The van der Waals surface area contributed by atoms with Gasteiger partial charge in [0.25, 0.3) is 0 Å². The molecule has 1 unspecified atom stereocenters. The predicted molar refractivity (Wildman–Crippen MR) is 82.3 cm³/mol. The summed E-state index contributed by atoms with van der Waals surface area (Å²) in [6.45, 7) is 2.10. The molecule has 1 aromatic carbocycles. The third kappa shape index (κ3) is 3.71. The molecule has 1 heterocycles. The summed E-state index contributed by atoms with van der Waals surface area (Å²) in [4.78, 5) is 9.85. The van der Waals surface area contributed by atoms with E-state index in [1.807, 2.05) is 7.05 Å². The van der Waals surface area contributed by atoms with Gasteiger partial charge in [0.05, 0.1) is 13.2 Å². The minimum atomic E-state index is 0.101. The highest BCUT2D eigenvalue weighted by molar-refractivity contribution is 7.99. The van der Waals surface area contributed by atoms with Crippen LogP contribution in [0.1, 0.15) is 17.3 Å². The fraction of sp³-hybridized carbons (Fsp3) is 0.333. The zero-order valence-corrected chi connectivity index (χ0v) is 12.8. The van der Waals surface area contributed by atoms with E-state index in [2.05, 4.69) is 46.5 Å². The second-order valence-corrected chi connectivity index (χ2v) is 5.51. The van der Waals surface area contributed by atoms with Gasteiger partial charge < -0.3 is 10.1 Å². The number of methoxy groups -OCH3 is 1. The first-order valence-electron chi connectivity index (χ1n) is 6.46. The molecule has 0 saturated carbocycles. The lowest BCUT2D eigenvalue weighted by atomic mass is 10.2. The van der Waals surface area contributed by atoms with Crippen molar-refractivity contribution in [2.75, 3.05) is 19.9 Å². The number of hydrogen-bond donors (Lipinski definition) is 1. The summed E-state index contributed by atoms with van der Waals surface area (Å²) >= 11 is 1.80. The topological polar surface area (TPSA) is 47.0 Å². The van der Waals surface area contributed by atoms with Crippen molar-refractivity contribution in [1.29, 1.82) is 0 Å². The van der Waals surface area contributed by atoms with Crippen LogP contribution in [0.3, 0.4) is 0 Å². The Morgan fingerprint density at radius 2 is 2.10 bits per heavy atom. The van der Waals surface area contributed by atoms with E-state index in [1.54, 1.807) is 31.3 Å². The van der Waals surface area contributed by atoms with Gasteiger partial charge in [0.1, 0.15) is 5.69 Å². The summed E-state index contributed by atoms with van der Waals surface area (Å²) in [7, 11) is 3.55. The van der Waals surface area contributed by atoms with Crippen LogP contribution >= 0.6 is 11.8 Å². The van der Waals surface area contributed by atoms with E-state index in [1.165, 1.54) is 10.5 Å². The van der Waals surface area contributed by atoms with Gasteiger partial charge in [-0.25, -0.2) is 4.98 Å². The predicted octanol–water partition coefficient (Wildman–Crippen LogP) is 2.85. The minimum absolute atomic E-state index is 0.101. The Morgan fingerprint density at radius 3 is 2.80 bits per heavy atom. The van der Waals surface area contributed by atoms with E-state index in [0.717, 1.165) is 11.4 Å². The van der Waals surface area contributed by atoms with Crippen LogP contribution in [-0.2, 0) is 0 Å². The molecule has 0 bridgehead atoms. The quantitative estimate of drug-likeness (QED) is 0.829. The van der Waals surface area contributed by atoms with E-state index in [9.17, 15) is 0 Å². The highest BCUT2D eigenvalue weighted by Crippen LogP contribution is 2.27. The Kier molecular flexibility index (Phi) is 5.38. The summed E-state index contributed by atoms with van der Waals surface area (Å²) in [6.07, 6.45) is 3.34. The molecule has 20 heavy (non-hydrogen) atoms. The first-order valence-corrected chi connectivity index (χ1v) is 7.44. The maximum atomic E-state index is 5.28. The van der Waals surface area contributed by atoms with Crippen molar-refractivity contribution in [2.45, 2.75) is 17.9 Å². The van der Waals surface area contributed by atoms with Crippen LogP contribution in [0.2, 0.25) is 0 Å². The molecule has 2 rings (SSSR count). The smallest absolute Gasteiger partial charge is 0.237 e. The van der Waals surface area contributed by atoms with Crippen molar-refractivity contribution in [3.8, 4) is 5.88 Å². The van der Waals surface area contributed by atoms with Crippen LogP contribution in [0.4, 0.5) is 0 Å². The first kappa shape index (κ1) is 14.8. The lowest BCUT2D eigenvalue weighted by molar-refractivity contribution is 0.383. The van der Waals surface area contributed by atoms with Gasteiger partial charge in [0, 0.05) is 23.0 Å². The number of nitrogens with one attached hydrogen (secondary N) is 1. The maximum absolute atomic E-state index is 5.28. The number of thioether (sulfide) groups is 1. The van der Waals surface area contributed by atoms with Crippen molar-refractivity contribution in [2.24, 2.45) is 0 Å². The van der Waals surface area contributed by atoms with Crippen LogP contribution < -0.4 is 10.1 Å². The molecule has 0 amide bonds. The Morgan fingerprint density at radius 1 is 1.30 bits per heavy atom. The first-order chi connectivity index (χ1) is 9.74. The van der Waals surface area contributed by atoms with Crippen LogP contribution in [-0.4, -0.2) is 29.9 Å². The third-order valence-electron chi connectivity index (χ3n) is 2.97.